The first-order valence-electron chi connectivity index (χ1n) is 10.3. The Morgan fingerprint density at radius 3 is 2.41 bits per heavy atom. The van der Waals surface area contributed by atoms with Gasteiger partial charge in [0.25, 0.3) is 5.91 Å². The van der Waals surface area contributed by atoms with E-state index >= 15 is 0 Å². The summed E-state index contributed by atoms with van der Waals surface area (Å²) in [6.07, 6.45) is 0. The number of ether oxygens (including phenoxy) is 1. The van der Waals surface area contributed by atoms with Crippen molar-refractivity contribution in [1.82, 2.24) is 9.62 Å². The molecule has 4 rings (SSSR count). The molecule has 0 saturated carbocycles. The van der Waals surface area contributed by atoms with Crippen LogP contribution in [0.25, 0.3) is 11.0 Å². The largest absolute Gasteiger partial charge is 0.449 e. The molecular weight excluding hydrogens is 452 g/mol. The fraction of sp³-hybridized carbons (Fsp3) is 0.348. The average Bonchev–Trinajstić information content (AvgIpc) is 3.09. The van der Waals surface area contributed by atoms with Gasteiger partial charge in [-0.05, 0) is 55.7 Å². The molecule has 1 aliphatic rings. The summed E-state index contributed by atoms with van der Waals surface area (Å²) in [5.41, 5.74) is 3.00. The Bertz CT molecular complexity index is 1280. The molecule has 2 aromatic carbocycles. The Morgan fingerprint density at radius 2 is 1.75 bits per heavy atom. The lowest BCUT2D eigenvalue weighted by Crippen LogP contribution is -2.40. The third-order valence-corrected chi connectivity index (χ3v) is 7.64. The monoisotopic (exact) mass is 476 g/mol. The van der Waals surface area contributed by atoms with Gasteiger partial charge >= 0.3 is 0 Å². The number of nitrogens with zero attached hydrogens (tertiary/aromatic N) is 1. The van der Waals surface area contributed by atoms with E-state index in [0.717, 1.165) is 11.1 Å². The molecule has 0 aliphatic carbocycles. The van der Waals surface area contributed by atoms with Gasteiger partial charge in [-0.2, -0.15) is 0 Å². The van der Waals surface area contributed by atoms with Crippen molar-refractivity contribution in [1.29, 1.82) is 0 Å². The first-order valence-corrected chi connectivity index (χ1v) is 12.2. The van der Waals surface area contributed by atoms with Crippen LogP contribution in [0.4, 0.5) is 0 Å². The van der Waals surface area contributed by atoms with Crippen LogP contribution < -0.4 is 4.72 Å². The number of fused-ring (bicyclic) bond motifs is 1. The number of carbonyl (C=O) groups excluding carboxylic acids is 1. The fourth-order valence-electron chi connectivity index (χ4n) is 3.83. The summed E-state index contributed by atoms with van der Waals surface area (Å²) < 4.78 is 40.6. The van der Waals surface area contributed by atoms with E-state index < -0.39 is 10.0 Å². The van der Waals surface area contributed by atoms with Gasteiger partial charge in [-0.1, -0.05) is 23.7 Å². The van der Waals surface area contributed by atoms with Crippen molar-refractivity contribution in [3.63, 3.8) is 0 Å². The number of rotatable bonds is 5. The molecule has 0 atom stereocenters. The van der Waals surface area contributed by atoms with Crippen LogP contribution >= 0.6 is 11.6 Å². The number of carbonyl (C=O) groups is 1. The standard InChI is InChI=1S/C23H25ClN2O5S/c1-14-12-19-16(3)20(23(27)26-8-10-30-11-9-26)31-21(19)22(15(14)2)32(28,29)25-13-17-4-6-18(24)7-5-17/h4-7,12,25H,8-11,13H2,1-3H3. The van der Waals surface area contributed by atoms with E-state index in [0.29, 0.717) is 47.8 Å². The summed E-state index contributed by atoms with van der Waals surface area (Å²) >= 11 is 5.91. The van der Waals surface area contributed by atoms with E-state index in [1.807, 2.05) is 13.0 Å². The minimum atomic E-state index is -3.92. The van der Waals surface area contributed by atoms with Crippen LogP contribution in [0.5, 0.6) is 0 Å². The van der Waals surface area contributed by atoms with Gasteiger partial charge in [0.2, 0.25) is 10.0 Å². The summed E-state index contributed by atoms with van der Waals surface area (Å²) in [5.74, 6) is -0.0872. The predicted molar refractivity (Wildman–Crippen MR) is 123 cm³/mol. The molecule has 0 radical (unpaired) electrons. The second-order valence-corrected chi connectivity index (χ2v) is 10.1. The lowest BCUT2D eigenvalue weighted by molar-refractivity contribution is 0.0283. The number of benzene rings is 2. The normalized spacial score (nSPS) is 14.8. The number of amides is 1. The Labute approximate surface area is 192 Å². The van der Waals surface area contributed by atoms with Gasteiger partial charge < -0.3 is 14.1 Å². The number of nitrogens with one attached hydrogen (secondary N) is 1. The maximum Gasteiger partial charge on any atom is 0.290 e. The van der Waals surface area contributed by atoms with Crippen molar-refractivity contribution >= 4 is 38.5 Å². The van der Waals surface area contributed by atoms with Crippen molar-refractivity contribution in [3.05, 3.63) is 63.4 Å². The lowest BCUT2D eigenvalue weighted by atomic mass is 10.0. The summed E-state index contributed by atoms with van der Waals surface area (Å²) in [6.45, 7) is 7.37. The molecule has 1 saturated heterocycles. The molecule has 9 heteroatoms. The van der Waals surface area contributed by atoms with Gasteiger partial charge in [0, 0.05) is 35.6 Å². The number of sulfonamides is 1. The highest BCUT2D eigenvalue weighted by Gasteiger charge is 2.30. The number of furan rings is 1. The van der Waals surface area contributed by atoms with Crippen molar-refractivity contribution < 1.29 is 22.4 Å². The predicted octanol–water partition coefficient (Wildman–Crippen LogP) is 3.96. The molecule has 0 spiro atoms. The van der Waals surface area contributed by atoms with Crippen LogP contribution in [-0.2, 0) is 21.3 Å². The molecule has 1 aliphatic heterocycles. The van der Waals surface area contributed by atoms with Gasteiger partial charge in [-0.25, -0.2) is 13.1 Å². The summed E-state index contributed by atoms with van der Waals surface area (Å²) in [4.78, 5) is 14.8. The number of halogens is 1. The van der Waals surface area contributed by atoms with Crippen LogP contribution in [-0.4, -0.2) is 45.5 Å². The Hall–Kier alpha value is -2.39. The lowest BCUT2D eigenvalue weighted by Gasteiger charge is -2.26. The number of hydrogen-bond donors (Lipinski definition) is 1. The Morgan fingerprint density at radius 1 is 1.09 bits per heavy atom. The molecule has 2 heterocycles. The third-order valence-electron chi connectivity index (χ3n) is 5.83. The van der Waals surface area contributed by atoms with Crippen molar-refractivity contribution in [3.8, 4) is 0 Å². The van der Waals surface area contributed by atoms with E-state index in [9.17, 15) is 13.2 Å². The average molecular weight is 477 g/mol. The highest BCUT2D eigenvalue weighted by atomic mass is 35.5. The summed E-state index contributed by atoms with van der Waals surface area (Å²) in [5, 5.41) is 1.20. The topological polar surface area (TPSA) is 88.9 Å². The zero-order chi connectivity index (χ0) is 23.0. The zero-order valence-corrected chi connectivity index (χ0v) is 19.8. The zero-order valence-electron chi connectivity index (χ0n) is 18.2. The van der Waals surface area contributed by atoms with Crippen LogP contribution in [0.3, 0.4) is 0 Å². The van der Waals surface area contributed by atoms with Crippen LogP contribution in [0.2, 0.25) is 5.02 Å². The number of hydrogen-bond acceptors (Lipinski definition) is 5. The van der Waals surface area contributed by atoms with E-state index in [4.69, 9.17) is 20.8 Å². The molecule has 170 valence electrons. The maximum absolute atomic E-state index is 13.3. The Balaban J connectivity index is 1.75. The molecule has 1 amide bonds. The molecular formula is C23H25ClN2O5S. The molecule has 32 heavy (non-hydrogen) atoms. The van der Waals surface area contributed by atoms with E-state index in [1.165, 1.54) is 0 Å². The molecule has 1 N–H and O–H groups in total. The first-order chi connectivity index (χ1) is 15.2. The van der Waals surface area contributed by atoms with Gasteiger partial charge in [-0.15, -0.1) is 0 Å². The number of morpholine rings is 1. The minimum absolute atomic E-state index is 0.0607. The number of aryl methyl sites for hydroxylation is 2. The van der Waals surface area contributed by atoms with Crippen molar-refractivity contribution in [2.45, 2.75) is 32.2 Å². The molecule has 7 nitrogen and oxygen atoms in total. The minimum Gasteiger partial charge on any atom is -0.449 e. The second-order valence-electron chi connectivity index (χ2n) is 7.94. The van der Waals surface area contributed by atoms with E-state index in [1.54, 1.807) is 43.0 Å². The van der Waals surface area contributed by atoms with Gasteiger partial charge in [-0.3, -0.25) is 4.79 Å². The molecule has 1 aromatic heterocycles. The van der Waals surface area contributed by atoms with E-state index in [-0.39, 0.29) is 28.7 Å². The smallest absolute Gasteiger partial charge is 0.290 e. The second kappa shape index (κ2) is 8.86. The van der Waals surface area contributed by atoms with Crippen molar-refractivity contribution in [2.75, 3.05) is 26.3 Å². The van der Waals surface area contributed by atoms with Gasteiger partial charge in [0.05, 0.1) is 13.2 Å². The first kappa shape index (κ1) is 22.8. The quantitative estimate of drug-likeness (QED) is 0.602. The Kier molecular flexibility index (Phi) is 6.31. The molecule has 0 unspecified atom stereocenters. The van der Waals surface area contributed by atoms with Crippen LogP contribution in [0, 0.1) is 20.8 Å². The van der Waals surface area contributed by atoms with Crippen molar-refractivity contribution in [2.24, 2.45) is 0 Å². The van der Waals surface area contributed by atoms with Crippen LogP contribution in [0.15, 0.2) is 39.6 Å². The highest BCUT2D eigenvalue weighted by molar-refractivity contribution is 7.89. The summed E-state index contributed by atoms with van der Waals surface area (Å²) in [7, 11) is -3.92. The maximum atomic E-state index is 13.3. The molecule has 1 fully saturated rings. The SMILES string of the molecule is Cc1cc2c(C)c(C(=O)N3CCOCC3)oc2c(S(=O)(=O)NCc2ccc(Cl)cc2)c1C. The molecule has 3 aromatic rings. The molecule has 0 bridgehead atoms. The third kappa shape index (κ3) is 4.28. The fourth-order valence-corrected chi connectivity index (χ4v) is 5.42. The van der Waals surface area contributed by atoms with Gasteiger partial charge in [0.15, 0.2) is 11.3 Å². The van der Waals surface area contributed by atoms with Gasteiger partial charge in [0.1, 0.15) is 4.90 Å². The van der Waals surface area contributed by atoms with Crippen LogP contribution in [0.1, 0.15) is 32.8 Å². The summed E-state index contributed by atoms with van der Waals surface area (Å²) in [6, 6.07) is 8.82. The van der Waals surface area contributed by atoms with E-state index in [2.05, 4.69) is 4.72 Å². The highest BCUT2D eigenvalue weighted by Crippen LogP contribution is 2.35.